The van der Waals surface area contributed by atoms with Crippen molar-refractivity contribution in [2.24, 2.45) is 34.8 Å². The van der Waals surface area contributed by atoms with Crippen LogP contribution in [0.1, 0.15) is 195 Å². The number of nitrogens with two attached hydrogens (primary N) is 4. The van der Waals surface area contributed by atoms with E-state index in [1.54, 1.807) is 0 Å². The maximum Gasteiger partial charge on any atom is 0.123 e. The summed E-state index contributed by atoms with van der Waals surface area (Å²) >= 11 is 0. The van der Waals surface area contributed by atoms with E-state index in [4.69, 9.17) is 27.7 Å². The van der Waals surface area contributed by atoms with Crippen molar-refractivity contribution in [2.75, 3.05) is 0 Å². The molecular weight excluding hydrogens is 504 g/mol. The van der Waals surface area contributed by atoms with Gasteiger partial charge in [-0.15, -0.1) is 0 Å². The van der Waals surface area contributed by atoms with Crippen LogP contribution in [0.3, 0.4) is 0 Å². The third-order valence-electron chi connectivity index (χ3n) is 8.80. The monoisotopic (exact) mass is 583 g/mol. The number of unbranched alkanes of at least 4 members (excludes halogenated alkanes) is 20. The maximum atomic E-state index is 6.30. The molecule has 0 aliphatic carbocycles. The molecule has 0 aromatic carbocycles. The predicted octanol–water partition coefficient (Wildman–Crippen LogP) is 9.68. The first kappa shape index (κ1) is 40.8. The molecule has 41 heavy (non-hydrogen) atoms. The molecule has 0 spiro atoms. The number of rotatable bonds is 32. The maximum absolute atomic E-state index is 6.30. The quantitative estimate of drug-likeness (QED) is 0.0465. The fraction of sp³-hybridized carbons (Fsp3) is 1.00. The fourth-order valence-electron chi connectivity index (χ4n) is 5.76. The molecule has 0 amide bonds. The summed E-state index contributed by atoms with van der Waals surface area (Å²) in [5.41, 5.74) is 25.0. The minimum atomic E-state index is -0.535. The van der Waals surface area contributed by atoms with E-state index in [2.05, 4.69) is 27.7 Å². The SMILES string of the molecule is CC(C)CCCCCCCCCCCCCC(N)C(N)OC(N)C(N)CCCCCCCCCCCCCC(C)C. The van der Waals surface area contributed by atoms with Gasteiger partial charge in [-0.05, 0) is 24.7 Å². The third-order valence-corrected chi connectivity index (χ3v) is 8.80. The van der Waals surface area contributed by atoms with Crippen molar-refractivity contribution in [2.45, 2.75) is 219 Å². The lowest BCUT2D eigenvalue weighted by Crippen LogP contribution is -2.52. The zero-order valence-electron chi connectivity index (χ0n) is 28.6. The van der Waals surface area contributed by atoms with Gasteiger partial charge in [0.2, 0.25) is 0 Å². The van der Waals surface area contributed by atoms with Gasteiger partial charge < -0.3 is 27.7 Å². The summed E-state index contributed by atoms with van der Waals surface area (Å²) < 4.78 is 5.82. The third kappa shape index (κ3) is 29.6. The predicted molar refractivity (Wildman–Crippen MR) is 183 cm³/mol. The van der Waals surface area contributed by atoms with Gasteiger partial charge in [0.25, 0.3) is 0 Å². The Labute approximate surface area is 258 Å². The molecule has 0 aliphatic rings. The van der Waals surface area contributed by atoms with Gasteiger partial charge in [0.15, 0.2) is 0 Å². The molecule has 0 saturated carbocycles. The van der Waals surface area contributed by atoms with Crippen LogP contribution in [0.2, 0.25) is 0 Å². The van der Waals surface area contributed by atoms with Gasteiger partial charge in [-0.25, -0.2) is 0 Å². The lowest BCUT2D eigenvalue weighted by molar-refractivity contribution is -0.0332. The number of ether oxygens (including phenoxy) is 1. The van der Waals surface area contributed by atoms with Crippen LogP contribution in [0.4, 0.5) is 0 Å². The van der Waals surface area contributed by atoms with E-state index in [0.717, 1.165) is 37.5 Å². The van der Waals surface area contributed by atoms with Gasteiger partial charge in [0.1, 0.15) is 12.5 Å². The number of hydrogen-bond acceptors (Lipinski definition) is 5. The standard InChI is InChI=1S/C36H78N4O/c1-31(2)27-23-19-15-11-7-5-9-13-17-21-25-29-33(37)35(39)41-36(40)34(38)30-26-22-18-14-10-6-8-12-16-20-24-28-32(3)4/h31-36H,5-30,37-40H2,1-4H3. The van der Waals surface area contributed by atoms with Crippen molar-refractivity contribution in [3.63, 3.8) is 0 Å². The first-order valence-electron chi connectivity index (χ1n) is 18.4. The van der Waals surface area contributed by atoms with E-state index in [1.165, 1.54) is 141 Å². The Morgan fingerprint density at radius 2 is 0.512 bits per heavy atom. The highest BCUT2D eigenvalue weighted by atomic mass is 16.5. The number of hydrogen-bond donors (Lipinski definition) is 4. The molecular formula is C36H78N4O. The Morgan fingerprint density at radius 3 is 0.732 bits per heavy atom. The van der Waals surface area contributed by atoms with E-state index < -0.39 is 12.5 Å². The summed E-state index contributed by atoms with van der Waals surface area (Å²) in [4.78, 5) is 0. The Hall–Kier alpha value is -0.200. The minimum Gasteiger partial charge on any atom is -0.342 e. The Bertz CT molecular complexity index is 472. The van der Waals surface area contributed by atoms with Crippen LogP contribution in [-0.4, -0.2) is 24.5 Å². The van der Waals surface area contributed by atoms with Gasteiger partial charge in [-0.2, -0.15) is 0 Å². The molecule has 248 valence electrons. The first-order chi connectivity index (χ1) is 19.7. The molecule has 0 fully saturated rings. The highest BCUT2D eigenvalue weighted by molar-refractivity contribution is 4.74. The van der Waals surface area contributed by atoms with Crippen molar-refractivity contribution in [3.8, 4) is 0 Å². The van der Waals surface area contributed by atoms with Crippen molar-refractivity contribution >= 4 is 0 Å². The second kappa shape index (κ2) is 29.9. The second-order valence-corrected chi connectivity index (χ2v) is 14.1. The van der Waals surface area contributed by atoms with Crippen molar-refractivity contribution in [1.29, 1.82) is 0 Å². The molecule has 0 aromatic rings. The van der Waals surface area contributed by atoms with Gasteiger partial charge in [-0.1, -0.05) is 182 Å². The lowest BCUT2D eigenvalue weighted by Gasteiger charge is -2.27. The Kier molecular flexibility index (Phi) is 29.7. The highest BCUT2D eigenvalue weighted by Gasteiger charge is 2.21. The van der Waals surface area contributed by atoms with Crippen molar-refractivity contribution in [1.82, 2.24) is 0 Å². The van der Waals surface area contributed by atoms with E-state index in [9.17, 15) is 0 Å². The normalized spacial score (nSPS) is 15.1. The van der Waals surface area contributed by atoms with Crippen molar-refractivity contribution in [3.05, 3.63) is 0 Å². The van der Waals surface area contributed by atoms with Gasteiger partial charge >= 0.3 is 0 Å². The summed E-state index contributed by atoms with van der Waals surface area (Å²) in [5, 5.41) is 0. The minimum absolute atomic E-state index is 0.177. The molecule has 8 N–H and O–H groups in total. The Morgan fingerprint density at radius 1 is 0.317 bits per heavy atom. The smallest absolute Gasteiger partial charge is 0.123 e. The van der Waals surface area contributed by atoms with Crippen LogP contribution < -0.4 is 22.9 Å². The van der Waals surface area contributed by atoms with E-state index in [-0.39, 0.29) is 12.1 Å². The average molecular weight is 583 g/mol. The molecule has 0 rings (SSSR count). The van der Waals surface area contributed by atoms with Crippen molar-refractivity contribution < 1.29 is 4.74 Å². The molecule has 0 aliphatic heterocycles. The molecule has 0 bridgehead atoms. The van der Waals surface area contributed by atoms with E-state index in [1.807, 2.05) is 0 Å². The molecule has 4 unspecified atom stereocenters. The molecule has 0 aromatic heterocycles. The molecule has 0 radical (unpaired) electrons. The summed E-state index contributed by atoms with van der Waals surface area (Å²) in [6, 6.07) is -0.354. The van der Waals surface area contributed by atoms with Gasteiger partial charge in [0.05, 0.1) is 0 Å². The molecule has 0 saturated heterocycles. The summed E-state index contributed by atoms with van der Waals surface area (Å²) in [7, 11) is 0. The lowest BCUT2D eigenvalue weighted by atomic mass is 10.0. The topological polar surface area (TPSA) is 113 Å². The van der Waals surface area contributed by atoms with Crippen LogP contribution in [-0.2, 0) is 4.74 Å². The summed E-state index contributed by atoms with van der Waals surface area (Å²) in [6.07, 6.45) is 33.0. The van der Waals surface area contributed by atoms with E-state index in [0.29, 0.717) is 0 Å². The Balaban J connectivity index is 3.55. The van der Waals surface area contributed by atoms with Gasteiger partial charge in [0, 0.05) is 12.1 Å². The first-order valence-corrected chi connectivity index (χ1v) is 18.4. The van der Waals surface area contributed by atoms with Crippen LogP contribution in [0, 0.1) is 11.8 Å². The van der Waals surface area contributed by atoms with Crippen LogP contribution in [0.15, 0.2) is 0 Å². The summed E-state index contributed by atoms with van der Waals surface area (Å²) in [5.74, 6) is 1.72. The largest absolute Gasteiger partial charge is 0.342 e. The zero-order chi connectivity index (χ0) is 30.6. The highest BCUT2D eigenvalue weighted by Crippen LogP contribution is 2.16. The van der Waals surface area contributed by atoms with Crippen LogP contribution >= 0.6 is 0 Å². The molecule has 5 heteroatoms. The second-order valence-electron chi connectivity index (χ2n) is 14.1. The molecule has 0 heterocycles. The van der Waals surface area contributed by atoms with Gasteiger partial charge in [-0.3, -0.25) is 0 Å². The molecule has 5 nitrogen and oxygen atoms in total. The zero-order valence-corrected chi connectivity index (χ0v) is 28.6. The average Bonchev–Trinajstić information content (AvgIpc) is 2.93. The molecule has 4 atom stereocenters. The van der Waals surface area contributed by atoms with Crippen LogP contribution in [0.5, 0.6) is 0 Å². The van der Waals surface area contributed by atoms with E-state index >= 15 is 0 Å². The van der Waals surface area contributed by atoms with Crippen LogP contribution in [0.25, 0.3) is 0 Å². The summed E-state index contributed by atoms with van der Waals surface area (Å²) in [6.45, 7) is 9.29. The fourth-order valence-corrected chi connectivity index (χ4v) is 5.76.